The molecule has 0 aliphatic heterocycles. The Morgan fingerprint density at radius 1 is 1.06 bits per heavy atom. The predicted octanol–water partition coefficient (Wildman–Crippen LogP) is 2.27. The lowest BCUT2D eigenvalue weighted by Gasteiger charge is -2.14. The predicted molar refractivity (Wildman–Crippen MR) is 73.6 cm³/mol. The van der Waals surface area contributed by atoms with Crippen LogP contribution in [-0.4, -0.2) is 11.8 Å². The van der Waals surface area contributed by atoms with E-state index in [0.717, 1.165) is 24.8 Å². The van der Waals surface area contributed by atoms with Gasteiger partial charge in [-0.25, -0.2) is 0 Å². The summed E-state index contributed by atoms with van der Waals surface area (Å²) in [6.07, 6.45) is 7.80. The monoisotopic (exact) mass is 254 g/mol. The third-order valence-electron chi connectivity index (χ3n) is 3.09. The summed E-state index contributed by atoms with van der Waals surface area (Å²) in [5.74, 6) is -1.62. The minimum Gasteiger partial charge on any atom is -0.370 e. The lowest BCUT2D eigenvalue weighted by molar-refractivity contribution is -0.125. The van der Waals surface area contributed by atoms with Crippen LogP contribution in [0.1, 0.15) is 58.3 Å². The first-order valence-electron chi connectivity index (χ1n) is 6.74. The molecule has 0 fully saturated rings. The molecule has 0 radical (unpaired) electrons. The van der Waals surface area contributed by atoms with Crippen LogP contribution in [0.3, 0.4) is 0 Å². The summed E-state index contributed by atoms with van der Waals surface area (Å²) in [5, 5.41) is 0. The summed E-state index contributed by atoms with van der Waals surface area (Å²) in [4.78, 5) is 22.0. The first-order chi connectivity index (χ1) is 8.49. The van der Waals surface area contributed by atoms with Crippen LogP contribution in [0.5, 0.6) is 0 Å². The summed E-state index contributed by atoms with van der Waals surface area (Å²) in [7, 11) is 0. The Kier molecular flexibility index (Phi) is 8.97. The van der Waals surface area contributed by atoms with Gasteiger partial charge in [0.15, 0.2) is 0 Å². The lowest BCUT2D eigenvalue weighted by atomic mass is 9.91. The molecule has 4 nitrogen and oxygen atoms in total. The standard InChI is InChI=1S/C14H26N2O2/c1-3-4-5-6-7-8-9-11(2)12(14(16)18)10-13(15)17/h12H,2-10H2,1H3,(H2,15,17)(H2,16,18). The Morgan fingerprint density at radius 3 is 2.11 bits per heavy atom. The average Bonchev–Trinajstić information content (AvgIpc) is 2.29. The van der Waals surface area contributed by atoms with Crippen LogP contribution in [0.2, 0.25) is 0 Å². The molecule has 0 heterocycles. The molecule has 0 saturated heterocycles. The smallest absolute Gasteiger partial charge is 0.225 e. The van der Waals surface area contributed by atoms with E-state index in [1.54, 1.807) is 0 Å². The zero-order valence-electron chi connectivity index (χ0n) is 11.4. The van der Waals surface area contributed by atoms with Gasteiger partial charge in [-0.05, 0) is 12.8 Å². The number of nitrogens with two attached hydrogens (primary N) is 2. The summed E-state index contributed by atoms with van der Waals surface area (Å²) in [6, 6.07) is 0. The topological polar surface area (TPSA) is 86.2 Å². The number of hydrogen-bond donors (Lipinski definition) is 2. The second-order valence-corrected chi connectivity index (χ2v) is 4.80. The number of hydrogen-bond acceptors (Lipinski definition) is 2. The van der Waals surface area contributed by atoms with Gasteiger partial charge in [0.25, 0.3) is 0 Å². The first kappa shape index (κ1) is 16.7. The van der Waals surface area contributed by atoms with Crippen LogP contribution in [-0.2, 0) is 9.59 Å². The van der Waals surface area contributed by atoms with E-state index in [1.165, 1.54) is 25.7 Å². The molecule has 1 atom stereocenters. The molecule has 0 aliphatic carbocycles. The minimum absolute atomic E-state index is 0.0238. The molecule has 0 spiro atoms. The molecule has 2 amide bonds. The lowest BCUT2D eigenvalue weighted by Crippen LogP contribution is -2.29. The van der Waals surface area contributed by atoms with Crippen molar-refractivity contribution in [3.63, 3.8) is 0 Å². The second kappa shape index (κ2) is 9.68. The SMILES string of the molecule is C=C(CCCCCCCC)C(CC(N)=O)C(N)=O. The highest BCUT2D eigenvalue weighted by molar-refractivity contribution is 5.86. The van der Waals surface area contributed by atoms with Gasteiger partial charge in [0.2, 0.25) is 11.8 Å². The largest absolute Gasteiger partial charge is 0.370 e. The average molecular weight is 254 g/mol. The van der Waals surface area contributed by atoms with Gasteiger partial charge in [-0.15, -0.1) is 0 Å². The number of rotatable bonds is 11. The summed E-state index contributed by atoms with van der Waals surface area (Å²) in [6.45, 7) is 6.04. The molecule has 0 aromatic rings. The molecule has 0 rings (SSSR count). The molecule has 0 aromatic heterocycles. The van der Waals surface area contributed by atoms with Crippen molar-refractivity contribution in [2.75, 3.05) is 0 Å². The van der Waals surface area contributed by atoms with E-state index >= 15 is 0 Å². The van der Waals surface area contributed by atoms with Crippen molar-refractivity contribution in [2.24, 2.45) is 17.4 Å². The van der Waals surface area contributed by atoms with Crippen LogP contribution < -0.4 is 11.5 Å². The van der Waals surface area contributed by atoms with Gasteiger partial charge in [0, 0.05) is 6.42 Å². The van der Waals surface area contributed by atoms with Crippen molar-refractivity contribution in [3.05, 3.63) is 12.2 Å². The van der Waals surface area contributed by atoms with Gasteiger partial charge in [-0.3, -0.25) is 9.59 Å². The van der Waals surface area contributed by atoms with E-state index in [9.17, 15) is 9.59 Å². The molecule has 0 aliphatic rings. The highest BCUT2D eigenvalue weighted by Gasteiger charge is 2.20. The summed E-state index contributed by atoms with van der Waals surface area (Å²) in [5.41, 5.74) is 11.1. The van der Waals surface area contributed by atoms with Crippen molar-refractivity contribution >= 4 is 11.8 Å². The van der Waals surface area contributed by atoms with Gasteiger partial charge >= 0.3 is 0 Å². The van der Waals surface area contributed by atoms with Crippen LogP contribution in [0.25, 0.3) is 0 Å². The van der Waals surface area contributed by atoms with E-state index in [4.69, 9.17) is 11.5 Å². The number of amides is 2. The molecule has 18 heavy (non-hydrogen) atoms. The fourth-order valence-electron chi connectivity index (χ4n) is 1.95. The Hall–Kier alpha value is -1.32. The fraction of sp³-hybridized carbons (Fsp3) is 0.714. The molecule has 0 bridgehead atoms. The van der Waals surface area contributed by atoms with Crippen molar-refractivity contribution in [1.82, 2.24) is 0 Å². The van der Waals surface area contributed by atoms with Gasteiger partial charge in [0.1, 0.15) is 0 Å². The molecular formula is C14H26N2O2. The van der Waals surface area contributed by atoms with Gasteiger partial charge in [-0.1, -0.05) is 51.2 Å². The zero-order chi connectivity index (χ0) is 14.0. The maximum Gasteiger partial charge on any atom is 0.225 e. The van der Waals surface area contributed by atoms with Crippen LogP contribution in [0, 0.1) is 5.92 Å². The van der Waals surface area contributed by atoms with E-state index < -0.39 is 17.7 Å². The Bertz CT molecular complexity index is 288. The Labute approximate surface area is 110 Å². The highest BCUT2D eigenvalue weighted by Crippen LogP contribution is 2.20. The molecule has 4 heteroatoms. The third kappa shape index (κ3) is 7.87. The van der Waals surface area contributed by atoms with E-state index in [2.05, 4.69) is 13.5 Å². The van der Waals surface area contributed by atoms with Crippen molar-refractivity contribution in [2.45, 2.75) is 58.3 Å². The second-order valence-electron chi connectivity index (χ2n) is 4.80. The number of unbranched alkanes of at least 4 members (excludes halogenated alkanes) is 5. The first-order valence-corrected chi connectivity index (χ1v) is 6.74. The van der Waals surface area contributed by atoms with Crippen LogP contribution >= 0.6 is 0 Å². The van der Waals surface area contributed by atoms with Gasteiger partial charge in [-0.2, -0.15) is 0 Å². The van der Waals surface area contributed by atoms with Crippen molar-refractivity contribution in [1.29, 1.82) is 0 Å². The van der Waals surface area contributed by atoms with E-state index in [1.807, 2.05) is 0 Å². The zero-order valence-corrected chi connectivity index (χ0v) is 11.4. The van der Waals surface area contributed by atoms with Crippen LogP contribution in [0.4, 0.5) is 0 Å². The molecule has 0 aromatic carbocycles. The molecular weight excluding hydrogens is 228 g/mol. The minimum atomic E-state index is -0.599. The third-order valence-corrected chi connectivity index (χ3v) is 3.09. The summed E-state index contributed by atoms with van der Waals surface area (Å²) < 4.78 is 0. The number of carbonyl (C=O) groups excluding carboxylic acids is 2. The Morgan fingerprint density at radius 2 is 1.61 bits per heavy atom. The van der Waals surface area contributed by atoms with Crippen molar-refractivity contribution < 1.29 is 9.59 Å². The molecule has 1 unspecified atom stereocenters. The molecule has 4 N–H and O–H groups in total. The van der Waals surface area contributed by atoms with Crippen molar-refractivity contribution in [3.8, 4) is 0 Å². The van der Waals surface area contributed by atoms with E-state index in [0.29, 0.717) is 0 Å². The van der Waals surface area contributed by atoms with Gasteiger partial charge < -0.3 is 11.5 Å². The highest BCUT2D eigenvalue weighted by atomic mass is 16.2. The maximum absolute atomic E-state index is 11.2. The number of primary amides is 2. The summed E-state index contributed by atoms with van der Waals surface area (Å²) >= 11 is 0. The Balaban J connectivity index is 3.89. The fourth-order valence-corrected chi connectivity index (χ4v) is 1.95. The molecule has 104 valence electrons. The normalized spacial score (nSPS) is 12.1. The molecule has 0 saturated carbocycles. The van der Waals surface area contributed by atoms with Crippen LogP contribution in [0.15, 0.2) is 12.2 Å². The van der Waals surface area contributed by atoms with Gasteiger partial charge in [0.05, 0.1) is 5.92 Å². The maximum atomic E-state index is 11.2. The number of carbonyl (C=O) groups is 2. The van der Waals surface area contributed by atoms with E-state index in [-0.39, 0.29) is 6.42 Å². The quantitative estimate of drug-likeness (QED) is 0.437.